The maximum atomic E-state index is 12.9. The highest BCUT2D eigenvalue weighted by molar-refractivity contribution is 5.83. The van der Waals surface area contributed by atoms with Crippen molar-refractivity contribution in [3.63, 3.8) is 0 Å². The van der Waals surface area contributed by atoms with E-state index in [-0.39, 0.29) is 19.1 Å². The van der Waals surface area contributed by atoms with E-state index in [0.29, 0.717) is 12.8 Å². The van der Waals surface area contributed by atoms with E-state index in [4.69, 9.17) is 14.7 Å². The Morgan fingerprint density at radius 3 is 2.09 bits per heavy atom. The van der Waals surface area contributed by atoms with Crippen LogP contribution < -0.4 is 10.8 Å². The molecule has 4 rings (SSSR count). The maximum absolute atomic E-state index is 12.9. The van der Waals surface area contributed by atoms with Gasteiger partial charge in [-0.05, 0) is 35.1 Å². The number of ether oxygens (including phenoxy) is 1. The Labute approximate surface area is 198 Å². The summed E-state index contributed by atoms with van der Waals surface area (Å²) in [5, 5.41) is 11.5. The zero-order valence-electron chi connectivity index (χ0n) is 19.0. The molecule has 0 heterocycles. The Bertz CT molecular complexity index is 1000. The number of carboxylic acid groups (broad SMARTS) is 1. The van der Waals surface area contributed by atoms with Crippen LogP contribution in [0.3, 0.4) is 0 Å². The average molecular weight is 467 g/mol. The van der Waals surface area contributed by atoms with Gasteiger partial charge in [0.1, 0.15) is 6.61 Å². The number of fused-ring (bicyclic) bond motifs is 3. The fourth-order valence-corrected chi connectivity index (χ4v) is 5.05. The van der Waals surface area contributed by atoms with Gasteiger partial charge in [-0.3, -0.25) is 9.63 Å². The van der Waals surface area contributed by atoms with E-state index in [1.807, 2.05) is 24.3 Å². The zero-order valence-corrected chi connectivity index (χ0v) is 19.0. The number of carbonyl (C=O) groups excluding carboxylic acids is 2. The largest absolute Gasteiger partial charge is 0.479 e. The number of nitrogens with one attached hydrogen (secondary N) is 2. The van der Waals surface area contributed by atoms with Gasteiger partial charge >= 0.3 is 12.1 Å². The molecule has 34 heavy (non-hydrogen) atoms. The number of rotatable bonds is 8. The van der Waals surface area contributed by atoms with Crippen LogP contribution in [0.4, 0.5) is 4.79 Å². The van der Waals surface area contributed by atoms with Crippen LogP contribution in [0.1, 0.15) is 55.6 Å². The molecule has 2 aliphatic carbocycles. The number of hydrogen-bond donors (Lipinski definition) is 3. The second-order valence-electron chi connectivity index (χ2n) is 8.99. The summed E-state index contributed by atoms with van der Waals surface area (Å²) in [7, 11) is 0. The first kappa shape index (κ1) is 23.8. The molecule has 0 atom stereocenters. The minimum absolute atomic E-state index is 0.0438. The minimum atomic E-state index is -1.17. The Morgan fingerprint density at radius 2 is 1.50 bits per heavy atom. The molecule has 0 bridgehead atoms. The van der Waals surface area contributed by atoms with E-state index in [2.05, 4.69) is 35.1 Å². The second-order valence-corrected chi connectivity index (χ2v) is 8.99. The minimum Gasteiger partial charge on any atom is -0.479 e. The van der Waals surface area contributed by atoms with E-state index in [9.17, 15) is 14.4 Å². The van der Waals surface area contributed by atoms with Gasteiger partial charge in [0.25, 0.3) is 5.91 Å². The zero-order chi connectivity index (χ0) is 24.0. The summed E-state index contributed by atoms with van der Waals surface area (Å²) in [4.78, 5) is 41.0. The molecule has 0 saturated heterocycles. The Kier molecular flexibility index (Phi) is 7.47. The number of aliphatic carboxylic acids is 1. The van der Waals surface area contributed by atoms with E-state index in [0.717, 1.165) is 47.9 Å². The molecule has 1 fully saturated rings. The number of carbonyl (C=O) groups is 3. The molecule has 0 spiro atoms. The van der Waals surface area contributed by atoms with Gasteiger partial charge in [-0.1, -0.05) is 74.2 Å². The van der Waals surface area contributed by atoms with Crippen molar-refractivity contribution in [1.29, 1.82) is 0 Å². The molecule has 180 valence electrons. The summed E-state index contributed by atoms with van der Waals surface area (Å²) in [6.45, 7) is -0.325. The third kappa shape index (κ3) is 5.22. The molecule has 1 saturated carbocycles. The fraction of sp³-hybridized carbons (Fsp3) is 0.423. The van der Waals surface area contributed by atoms with E-state index < -0.39 is 30.0 Å². The van der Waals surface area contributed by atoms with Crippen molar-refractivity contribution >= 4 is 18.0 Å². The molecule has 0 aliphatic heterocycles. The van der Waals surface area contributed by atoms with Crippen LogP contribution in [0.15, 0.2) is 48.5 Å². The normalized spacial score (nSPS) is 16.6. The Balaban J connectivity index is 1.38. The standard InChI is InChI=1S/C26H30N2O6/c29-23(30)16-34-28-24(31)26(13-7-1-2-8-14-26)17-27-25(32)33-15-22-20-11-5-3-9-18(20)19-10-4-6-12-21(19)22/h3-6,9-12,22H,1-2,7-8,13-17H2,(H,27,32)(H,28,31)(H,29,30). The molecule has 2 aromatic carbocycles. The number of alkyl carbamates (subject to hydrolysis) is 1. The highest BCUT2D eigenvalue weighted by atomic mass is 16.7. The average Bonchev–Trinajstić information content (AvgIpc) is 2.97. The second kappa shape index (κ2) is 10.7. The topological polar surface area (TPSA) is 114 Å². The predicted molar refractivity (Wildman–Crippen MR) is 125 cm³/mol. The summed E-state index contributed by atoms with van der Waals surface area (Å²) in [5.74, 6) is -1.63. The van der Waals surface area contributed by atoms with Crippen molar-refractivity contribution in [2.75, 3.05) is 19.8 Å². The quantitative estimate of drug-likeness (QED) is 0.400. The molecule has 3 N–H and O–H groups in total. The summed E-state index contributed by atoms with van der Waals surface area (Å²) < 4.78 is 5.61. The SMILES string of the molecule is O=C(O)CONC(=O)C1(CNC(=O)OCC2c3ccccc3-c3ccccc32)CCCCCC1. The van der Waals surface area contributed by atoms with Crippen LogP contribution in [0.5, 0.6) is 0 Å². The molecule has 8 heteroatoms. The van der Waals surface area contributed by atoms with Crippen LogP contribution in [0.2, 0.25) is 0 Å². The van der Waals surface area contributed by atoms with Crippen LogP contribution in [0.25, 0.3) is 11.1 Å². The maximum Gasteiger partial charge on any atom is 0.407 e. The van der Waals surface area contributed by atoms with Gasteiger partial charge in [0.15, 0.2) is 6.61 Å². The first-order valence-electron chi connectivity index (χ1n) is 11.7. The molecule has 0 aromatic heterocycles. The van der Waals surface area contributed by atoms with Crippen molar-refractivity contribution in [3.8, 4) is 11.1 Å². The first-order chi connectivity index (χ1) is 16.5. The fourth-order valence-electron chi connectivity index (χ4n) is 5.05. The van der Waals surface area contributed by atoms with Crippen molar-refractivity contribution in [2.24, 2.45) is 5.41 Å². The Hall–Kier alpha value is -3.39. The smallest absolute Gasteiger partial charge is 0.407 e. The van der Waals surface area contributed by atoms with Crippen LogP contribution in [0, 0.1) is 5.41 Å². The third-order valence-electron chi connectivity index (χ3n) is 6.82. The lowest BCUT2D eigenvalue weighted by Gasteiger charge is -2.31. The van der Waals surface area contributed by atoms with Gasteiger partial charge in [0, 0.05) is 12.5 Å². The summed E-state index contributed by atoms with van der Waals surface area (Å²) in [5.41, 5.74) is 5.98. The van der Waals surface area contributed by atoms with E-state index in [1.54, 1.807) is 0 Å². The van der Waals surface area contributed by atoms with Crippen LogP contribution in [-0.4, -0.2) is 42.8 Å². The van der Waals surface area contributed by atoms with E-state index in [1.165, 1.54) is 0 Å². The highest BCUT2D eigenvalue weighted by Crippen LogP contribution is 2.44. The van der Waals surface area contributed by atoms with Crippen molar-refractivity contribution < 1.29 is 29.1 Å². The van der Waals surface area contributed by atoms with Gasteiger partial charge in [-0.2, -0.15) is 0 Å². The number of hydroxylamine groups is 1. The summed E-state index contributed by atoms with van der Waals surface area (Å²) in [6, 6.07) is 16.2. The molecule has 8 nitrogen and oxygen atoms in total. The highest BCUT2D eigenvalue weighted by Gasteiger charge is 2.39. The van der Waals surface area contributed by atoms with Crippen molar-refractivity contribution in [2.45, 2.75) is 44.4 Å². The first-order valence-corrected chi connectivity index (χ1v) is 11.7. The number of benzene rings is 2. The molecule has 0 radical (unpaired) electrons. The molecular weight excluding hydrogens is 436 g/mol. The van der Waals surface area contributed by atoms with Crippen molar-refractivity contribution in [3.05, 3.63) is 59.7 Å². The monoisotopic (exact) mass is 466 g/mol. The van der Waals surface area contributed by atoms with Gasteiger partial charge in [0.05, 0.1) is 5.41 Å². The number of carboxylic acids is 1. The number of amides is 2. The third-order valence-corrected chi connectivity index (χ3v) is 6.82. The van der Waals surface area contributed by atoms with E-state index >= 15 is 0 Å². The van der Waals surface area contributed by atoms with Crippen molar-refractivity contribution in [1.82, 2.24) is 10.8 Å². The summed E-state index contributed by atoms with van der Waals surface area (Å²) in [6.07, 6.45) is 4.30. The molecular formula is C26H30N2O6. The molecule has 0 unspecified atom stereocenters. The molecule has 2 aromatic rings. The Morgan fingerprint density at radius 1 is 0.912 bits per heavy atom. The van der Waals surface area contributed by atoms with Gasteiger partial charge in [-0.25, -0.2) is 15.1 Å². The molecule has 2 aliphatic rings. The summed E-state index contributed by atoms with van der Waals surface area (Å²) >= 11 is 0. The van der Waals surface area contributed by atoms with Crippen LogP contribution in [-0.2, 0) is 19.2 Å². The number of hydrogen-bond acceptors (Lipinski definition) is 5. The van der Waals surface area contributed by atoms with Crippen LogP contribution >= 0.6 is 0 Å². The predicted octanol–water partition coefficient (Wildman–Crippen LogP) is 4.00. The lowest BCUT2D eigenvalue weighted by Crippen LogP contribution is -2.48. The molecule has 2 amide bonds. The van der Waals surface area contributed by atoms with Gasteiger partial charge in [-0.15, -0.1) is 0 Å². The lowest BCUT2D eigenvalue weighted by molar-refractivity contribution is -0.154. The van der Waals surface area contributed by atoms with Gasteiger partial charge in [0.2, 0.25) is 0 Å². The lowest BCUT2D eigenvalue weighted by atomic mass is 9.79. The van der Waals surface area contributed by atoms with Gasteiger partial charge < -0.3 is 15.2 Å².